The first-order valence-corrected chi connectivity index (χ1v) is 8.15. The molecule has 0 unspecified atom stereocenters. The van der Waals surface area contributed by atoms with Gasteiger partial charge in [-0.2, -0.15) is 0 Å². The second-order valence-electron chi connectivity index (χ2n) is 5.86. The zero-order valence-electron chi connectivity index (χ0n) is 13.5. The molecule has 0 radical (unpaired) electrons. The van der Waals surface area contributed by atoms with E-state index < -0.39 is 0 Å². The first-order valence-electron chi connectivity index (χ1n) is 8.15. The fraction of sp³-hybridized carbons (Fsp3) is 0.222. The van der Waals surface area contributed by atoms with Gasteiger partial charge in [-0.25, -0.2) is 0 Å². The summed E-state index contributed by atoms with van der Waals surface area (Å²) in [5.41, 5.74) is 0.462. The Balaban J connectivity index is 1.47. The lowest BCUT2D eigenvalue weighted by Gasteiger charge is -2.11. The van der Waals surface area contributed by atoms with Crippen LogP contribution in [0.2, 0.25) is 0 Å². The van der Waals surface area contributed by atoms with Crippen molar-refractivity contribution in [2.75, 3.05) is 0 Å². The summed E-state index contributed by atoms with van der Waals surface area (Å²) in [6.45, 7) is 0.330. The highest BCUT2D eigenvalue weighted by atomic mass is 16.5. The molecule has 1 amide bonds. The molecule has 2 aromatic heterocycles. The number of pyridine rings is 1. The summed E-state index contributed by atoms with van der Waals surface area (Å²) in [5.74, 6) is 1.61. The predicted octanol–water partition coefficient (Wildman–Crippen LogP) is 2.73. The van der Waals surface area contributed by atoms with Crippen LogP contribution in [0.1, 0.15) is 35.1 Å². The van der Waals surface area contributed by atoms with Crippen LogP contribution in [0, 0.1) is 0 Å². The molecule has 0 bridgehead atoms. The van der Waals surface area contributed by atoms with E-state index in [1.807, 2.05) is 10.6 Å². The minimum atomic E-state index is -0.218. The van der Waals surface area contributed by atoms with Crippen molar-refractivity contribution < 1.29 is 9.53 Å². The van der Waals surface area contributed by atoms with Gasteiger partial charge in [0.15, 0.2) is 5.82 Å². The smallest absolute Gasteiger partial charge is 0.255 e. The lowest BCUT2D eigenvalue weighted by Crippen LogP contribution is -2.25. The Bertz CT molecular complexity index is 874. The van der Waals surface area contributed by atoms with Crippen LogP contribution in [0.3, 0.4) is 0 Å². The average molecular weight is 335 g/mol. The molecule has 2 heterocycles. The molecule has 3 aromatic rings. The maximum atomic E-state index is 12.6. The van der Waals surface area contributed by atoms with Crippen molar-refractivity contribution in [1.82, 2.24) is 25.1 Å². The van der Waals surface area contributed by atoms with Gasteiger partial charge in [-0.05, 0) is 37.1 Å². The molecular weight excluding hydrogens is 318 g/mol. The summed E-state index contributed by atoms with van der Waals surface area (Å²) < 4.78 is 7.81. The molecule has 4 rings (SSSR count). The molecule has 25 heavy (non-hydrogen) atoms. The zero-order valence-corrected chi connectivity index (χ0v) is 13.5. The highest BCUT2D eigenvalue weighted by Crippen LogP contribution is 2.35. The topological polar surface area (TPSA) is 81.9 Å². The standard InChI is InChI=1S/C18H17N5O2/c24-18(20-11-17-22-21-12-23(17)13-7-8-13)15-5-1-2-6-16(15)25-14-4-3-9-19-10-14/h1-6,9-10,12-13H,7-8,11H2,(H,20,24). The van der Waals surface area contributed by atoms with Gasteiger partial charge in [0.25, 0.3) is 5.91 Å². The van der Waals surface area contributed by atoms with Crippen molar-refractivity contribution >= 4 is 5.91 Å². The molecule has 7 nitrogen and oxygen atoms in total. The van der Waals surface area contributed by atoms with Crippen LogP contribution < -0.4 is 10.1 Å². The summed E-state index contributed by atoms with van der Waals surface area (Å²) in [4.78, 5) is 16.6. The van der Waals surface area contributed by atoms with Gasteiger partial charge < -0.3 is 14.6 Å². The van der Waals surface area contributed by atoms with Gasteiger partial charge in [-0.1, -0.05) is 12.1 Å². The van der Waals surface area contributed by atoms with Gasteiger partial charge >= 0.3 is 0 Å². The van der Waals surface area contributed by atoms with Crippen LogP contribution in [0.25, 0.3) is 0 Å². The molecule has 1 fully saturated rings. The molecule has 1 aliphatic carbocycles. The number of benzene rings is 1. The Morgan fingerprint density at radius 1 is 1.24 bits per heavy atom. The second kappa shape index (κ2) is 6.72. The maximum absolute atomic E-state index is 12.6. The van der Waals surface area contributed by atoms with Gasteiger partial charge in [0.05, 0.1) is 18.3 Å². The second-order valence-corrected chi connectivity index (χ2v) is 5.86. The third-order valence-electron chi connectivity index (χ3n) is 3.99. The quantitative estimate of drug-likeness (QED) is 0.749. The van der Waals surface area contributed by atoms with Crippen molar-refractivity contribution in [3.05, 3.63) is 66.5 Å². The minimum absolute atomic E-state index is 0.218. The van der Waals surface area contributed by atoms with E-state index in [1.165, 1.54) is 0 Å². The Morgan fingerprint density at radius 2 is 2.12 bits per heavy atom. The van der Waals surface area contributed by atoms with Crippen molar-refractivity contribution in [2.24, 2.45) is 0 Å². The Morgan fingerprint density at radius 3 is 2.92 bits per heavy atom. The summed E-state index contributed by atoms with van der Waals surface area (Å²) in [6.07, 6.45) is 7.27. The van der Waals surface area contributed by atoms with E-state index in [2.05, 4.69) is 20.5 Å². The Kier molecular flexibility index (Phi) is 4.12. The fourth-order valence-corrected chi connectivity index (χ4v) is 2.58. The van der Waals surface area contributed by atoms with Crippen molar-refractivity contribution in [3.8, 4) is 11.5 Å². The molecule has 1 aliphatic rings. The number of nitrogens with one attached hydrogen (secondary N) is 1. The number of carbonyl (C=O) groups is 1. The van der Waals surface area contributed by atoms with Crippen LogP contribution in [0.5, 0.6) is 11.5 Å². The molecule has 0 saturated heterocycles. The predicted molar refractivity (Wildman–Crippen MR) is 90.2 cm³/mol. The number of hydrogen-bond donors (Lipinski definition) is 1. The molecule has 7 heteroatoms. The van der Waals surface area contributed by atoms with Crippen molar-refractivity contribution in [3.63, 3.8) is 0 Å². The Hall–Kier alpha value is -3.22. The lowest BCUT2D eigenvalue weighted by atomic mass is 10.2. The van der Waals surface area contributed by atoms with E-state index in [9.17, 15) is 4.79 Å². The van der Waals surface area contributed by atoms with Gasteiger partial charge in [0.1, 0.15) is 17.8 Å². The molecule has 1 aromatic carbocycles. The Labute approximate surface area is 144 Å². The van der Waals surface area contributed by atoms with Gasteiger partial charge in [-0.15, -0.1) is 10.2 Å². The third-order valence-corrected chi connectivity index (χ3v) is 3.99. The monoisotopic (exact) mass is 335 g/mol. The molecule has 0 atom stereocenters. The third kappa shape index (κ3) is 3.50. The van der Waals surface area contributed by atoms with Crippen LogP contribution in [0.4, 0.5) is 0 Å². The summed E-state index contributed by atoms with van der Waals surface area (Å²) in [7, 11) is 0. The number of para-hydroxylation sites is 1. The van der Waals surface area contributed by atoms with Gasteiger partial charge in [0.2, 0.25) is 0 Å². The van der Waals surface area contributed by atoms with Crippen LogP contribution >= 0.6 is 0 Å². The van der Waals surface area contributed by atoms with Crippen LogP contribution in [-0.2, 0) is 6.54 Å². The van der Waals surface area contributed by atoms with Gasteiger partial charge in [-0.3, -0.25) is 9.78 Å². The lowest BCUT2D eigenvalue weighted by molar-refractivity contribution is 0.0947. The fourth-order valence-electron chi connectivity index (χ4n) is 2.58. The normalized spacial score (nSPS) is 13.4. The molecular formula is C18H17N5O2. The highest BCUT2D eigenvalue weighted by Gasteiger charge is 2.26. The first kappa shape index (κ1) is 15.3. The van der Waals surface area contributed by atoms with Crippen LogP contribution in [0.15, 0.2) is 55.1 Å². The summed E-state index contributed by atoms with van der Waals surface area (Å²) in [6, 6.07) is 11.2. The minimum Gasteiger partial charge on any atom is -0.455 e. The van der Waals surface area contributed by atoms with Crippen molar-refractivity contribution in [1.29, 1.82) is 0 Å². The first-order chi connectivity index (χ1) is 12.3. The molecule has 0 aliphatic heterocycles. The molecule has 0 spiro atoms. The number of hydrogen-bond acceptors (Lipinski definition) is 5. The maximum Gasteiger partial charge on any atom is 0.255 e. The van der Waals surface area contributed by atoms with E-state index in [0.29, 0.717) is 29.6 Å². The summed E-state index contributed by atoms with van der Waals surface area (Å²) in [5, 5.41) is 10.9. The largest absolute Gasteiger partial charge is 0.455 e. The summed E-state index contributed by atoms with van der Waals surface area (Å²) >= 11 is 0. The number of rotatable bonds is 6. The molecule has 1 N–H and O–H groups in total. The molecule has 126 valence electrons. The van der Waals surface area contributed by atoms with Crippen LogP contribution in [-0.4, -0.2) is 25.7 Å². The number of amides is 1. The number of carbonyl (C=O) groups excluding carboxylic acids is 1. The van der Waals surface area contributed by atoms with E-state index in [-0.39, 0.29) is 5.91 Å². The number of aromatic nitrogens is 4. The number of ether oxygens (including phenoxy) is 1. The van der Waals surface area contributed by atoms with E-state index in [1.54, 1.807) is 49.1 Å². The van der Waals surface area contributed by atoms with Gasteiger partial charge in [0, 0.05) is 12.2 Å². The SMILES string of the molecule is O=C(NCc1nncn1C1CC1)c1ccccc1Oc1cccnc1. The highest BCUT2D eigenvalue weighted by molar-refractivity contribution is 5.96. The number of nitrogens with zero attached hydrogens (tertiary/aromatic N) is 4. The van der Waals surface area contributed by atoms with E-state index >= 15 is 0 Å². The van der Waals surface area contributed by atoms with Crippen molar-refractivity contribution in [2.45, 2.75) is 25.4 Å². The average Bonchev–Trinajstić information content (AvgIpc) is 3.39. The zero-order chi connectivity index (χ0) is 17.1. The van der Waals surface area contributed by atoms with E-state index in [0.717, 1.165) is 18.7 Å². The molecule has 1 saturated carbocycles. The van der Waals surface area contributed by atoms with E-state index in [4.69, 9.17) is 4.74 Å².